The highest BCUT2D eigenvalue weighted by Gasteiger charge is 2.15. The number of halogens is 1. The molecule has 0 amide bonds. The van der Waals surface area contributed by atoms with Crippen LogP contribution >= 0.6 is 11.6 Å². The van der Waals surface area contributed by atoms with Crippen molar-refractivity contribution in [2.24, 2.45) is 0 Å². The maximum atomic E-state index is 12.5. The summed E-state index contributed by atoms with van der Waals surface area (Å²) in [6.07, 6.45) is 0. The third-order valence-electron chi connectivity index (χ3n) is 3.10. The van der Waals surface area contributed by atoms with E-state index in [2.05, 4.69) is 4.98 Å². The summed E-state index contributed by atoms with van der Waals surface area (Å²) in [5.41, 5.74) is 2.70. The molecule has 0 spiro atoms. The van der Waals surface area contributed by atoms with Crippen molar-refractivity contribution in [3.05, 3.63) is 68.7 Å². The molecule has 3 aromatic rings. The molecule has 0 saturated heterocycles. The fourth-order valence-electron chi connectivity index (χ4n) is 2.14. The largest absolute Gasteiger partial charge is 0.417 e. The molecule has 0 aliphatic rings. The van der Waals surface area contributed by atoms with Crippen molar-refractivity contribution in [2.75, 3.05) is 0 Å². The van der Waals surface area contributed by atoms with Crippen LogP contribution in [0.25, 0.3) is 11.1 Å². The first-order valence-electron chi connectivity index (χ1n) is 5.98. The van der Waals surface area contributed by atoms with Crippen LogP contribution in [-0.4, -0.2) is 10.8 Å². The Kier molecular flexibility index (Phi) is 2.95. The molecule has 0 atom stereocenters. The fraction of sp³-hybridized carbons (Fsp3) is 0.0667. The van der Waals surface area contributed by atoms with Gasteiger partial charge in [-0.3, -0.25) is 9.78 Å². The molecule has 5 heteroatoms. The first-order chi connectivity index (χ1) is 9.54. The normalized spacial score (nSPS) is 10.9. The van der Waals surface area contributed by atoms with E-state index in [-0.39, 0.29) is 5.78 Å². The van der Waals surface area contributed by atoms with Gasteiger partial charge in [0.05, 0.1) is 5.52 Å². The number of fused-ring (bicyclic) bond motifs is 1. The number of oxazole rings is 1. The van der Waals surface area contributed by atoms with Gasteiger partial charge in [-0.25, -0.2) is 4.79 Å². The number of aryl methyl sites for hydroxylation is 1. The minimum absolute atomic E-state index is 0.157. The van der Waals surface area contributed by atoms with Gasteiger partial charge in [0.15, 0.2) is 11.4 Å². The first kappa shape index (κ1) is 12.7. The van der Waals surface area contributed by atoms with Gasteiger partial charge < -0.3 is 4.42 Å². The summed E-state index contributed by atoms with van der Waals surface area (Å²) < 4.78 is 4.98. The summed E-state index contributed by atoms with van der Waals surface area (Å²) in [7, 11) is 0. The van der Waals surface area contributed by atoms with E-state index in [9.17, 15) is 9.59 Å². The van der Waals surface area contributed by atoms with Crippen LogP contribution in [0.2, 0.25) is 5.02 Å². The molecule has 20 heavy (non-hydrogen) atoms. The Morgan fingerprint density at radius 1 is 1.25 bits per heavy atom. The van der Waals surface area contributed by atoms with Crippen molar-refractivity contribution in [3.63, 3.8) is 0 Å². The van der Waals surface area contributed by atoms with Gasteiger partial charge in [0.25, 0.3) is 0 Å². The summed E-state index contributed by atoms with van der Waals surface area (Å²) in [6, 6.07) is 10.0. The number of ketones is 1. The number of rotatable bonds is 2. The predicted molar refractivity (Wildman–Crippen MR) is 76.5 cm³/mol. The monoisotopic (exact) mass is 287 g/mol. The quantitative estimate of drug-likeness (QED) is 0.736. The molecular formula is C15H10ClNO3. The molecule has 1 N–H and O–H groups in total. The van der Waals surface area contributed by atoms with E-state index in [0.717, 1.165) is 5.56 Å². The van der Waals surface area contributed by atoms with Crippen molar-refractivity contribution in [3.8, 4) is 0 Å². The summed E-state index contributed by atoms with van der Waals surface area (Å²) >= 11 is 5.90. The summed E-state index contributed by atoms with van der Waals surface area (Å²) in [6.45, 7) is 1.81. The second-order valence-electron chi connectivity index (χ2n) is 4.52. The van der Waals surface area contributed by atoms with E-state index >= 15 is 0 Å². The molecule has 0 unspecified atom stereocenters. The maximum absolute atomic E-state index is 12.5. The molecule has 1 aromatic heterocycles. The number of hydrogen-bond acceptors (Lipinski definition) is 3. The summed E-state index contributed by atoms with van der Waals surface area (Å²) in [5.74, 6) is -0.692. The van der Waals surface area contributed by atoms with Gasteiger partial charge in [0.2, 0.25) is 0 Å². The van der Waals surface area contributed by atoms with Crippen molar-refractivity contribution in [1.29, 1.82) is 0 Å². The lowest BCUT2D eigenvalue weighted by Crippen LogP contribution is -2.03. The lowest BCUT2D eigenvalue weighted by atomic mass is 9.99. The number of aromatic amines is 1. The average molecular weight is 288 g/mol. The Hall–Kier alpha value is -2.33. The maximum Gasteiger partial charge on any atom is 0.417 e. The molecule has 1 heterocycles. The van der Waals surface area contributed by atoms with Crippen LogP contribution in [0.5, 0.6) is 0 Å². The first-order valence-corrected chi connectivity index (χ1v) is 6.36. The Balaban J connectivity index is 2.16. The summed E-state index contributed by atoms with van der Waals surface area (Å²) in [5, 5.41) is 0.503. The third kappa shape index (κ3) is 2.14. The molecule has 0 radical (unpaired) electrons. The average Bonchev–Trinajstić information content (AvgIpc) is 2.76. The molecule has 0 aliphatic carbocycles. The highest BCUT2D eigenvalue weighted by molar-refractivity contribution is 6.31. The van der Waals surface area contributed by atoms with Crippen molar-refractivity contribution < 1.29 is 9.21 Å². The number of carbonyl (C=O) groups excluding carboxylic acids is 1. The molecule has 2 aromatic carbocycles. The number of carbonyl (C=O) groups is 1. The number of hydrogen-bond donors (Lipinski definition) is 1. The van der Waals surface area contributed by atoms with Gasteiger partial charge in [-0.2, -0.15) is 0 Å². The lowest BCUT2D eigenvalue weighted by molar-refractivity contribution is 0.103. The van der Waals surface area contributed by atoms with Crippen molar-refractivity contribution >= 4 is 28.5 Å². The molecule has 3 rings (SSSR count). The predicted octanol–water partition coefficient (Wildman–Crippen LogP) is 3.31. The van der Waals surface area contributed by atoms with Crippen molar-refractivity contribution in [1.82, 2.24) is 4.98 Å². The topological polar surface area (TPSA) is 63.1 Å². The van der Waals surface area contributed by atoms with Crippen LogP contribution in [-0.2, 0) is 0 Å². The second-order valence-corrected chi connectivity index (χ2v) is 4.95. The van der Waals surface area contributed by atoms with Crippen LogP contribution in [0.3, 0.4) is 0 Å². The van der Waals surface area contributed by atoms with Crippen LogP contribution in [0, 0.1) is 6.92 Å². The highest BCUT2D eigenvalue weighted by atomic mass is 35.5. The number of aromatic nitrogens is 1. The van der Waals surface area contributed by atoms with Gasteiger partial charge in [0.1, 0.15) is 0 Å². The SMILES string of the molecule is Cc1cc2[nH]c(=O)oc2cc1C(=O)c1cccc(Cl)c1. The van der Waals surface area contributed by atoms with Gasteiger partial charge in [-0.05, 0) is 36.8 Å². The Morgan fingerprint density at radius 3 is 2.80 bits per heavy atom. The molecule has 4 nitrogen and oxygen atoms in total. The zero-order valence-corrected chi connectivity index (χ0v) is 11.3. The molecule has 0 aliphatic heterocycles. The third-order valence-corrected chi connectivity index (χ3v) is 3.33. The molecule has 0 saturated carbocycles. The van der Waals surface area contributed by atoms with Crippen molar-refractivity contribution in [2.45, 2.75) is 6.92 Å². The van der Waals surface area contributed by atoms with Crippen LogP contribution in [0.15, 0.2) is 45.6 Å². The van der Waals surface area contributed by atoms with Gasteiger partial charge in [-0.15, -0.1) is 0 Å². The van der Waals surface area contributed by atoms with E-state index in [0.29, 0.717) is 27.2 Å². The standard InChI is InChI=1S/C15H10ClNO3/c1-8-5-12-13(20-15(19)17-12)7-11(8)14(18)9-3-2-4-10(16)6-9/h2-7H,1H3,(H,17,19). The Labute approximate surface area is 119 Å². The van der Waals surface area contributed by atoms with Gasteiger partial charge in [0, 0.05) is 16.1 Å². The van der Waals surface area contributed by atoms with Crippen LogP contribution in [0.4, 0.5) is 0 Å². The van der Waals surface area contributed by atoms with E-state index in [1.54, 1.807) is 36.4 Å². The highest BCUT2D eigenvalue weighted by Crippen LogP contribution is 2.21. The van der Waals surface area contributed by atoms with Gasteiger partial charge in [-0.1, -0.05) is 23.7 Å². The second kappa shape index (κ2) is 4.65. The fourth-order valence-corrected chi connectivity index (χ4v) is 2.33. The van der Waals surface area contributed by atoms with Crippen LogP contribution in [0.1, 0.15) is 21.5 Å². The van der Waals surface area contributed by atoms with Crippen LogP contribution < -0.4 is 5.76 Å². The number of H-pyrrole nitrogens is 1. The lowest BCUT2D eigenvalue weighted by Gasteiger charge is -2.05. The minimum atomic E-state index is -0.535. The zero-order valence-electron chi connectivity index (χ0n) is 10.6. The molecular weight excluding hydrogens is 278 g/mol. The van der Waals surface area contributed by atoms with E-state index < -0.39 is 5.76 Å². The molecule has 0 bridgehead atoms. The Bertz CT molecular complexity index is 876. The number of nitrogens with one attached hydrogen (secondary N) is 1. The zero-order chi connectivity index (χ0) is 14.3. The summed E-state index contributed by atoms with van der Waals surface area (Å²) in [4.78, 5) is 26.2. The smallest absolute Gasteiger partial charge is 0.408 e. The van der Waals surface area contributed by atoms with Gasteiger partial charge >= 0.3 is 5.76 Å². The Morgan fingerprint density at radius 2 is 2.05 bits per heavy atom. The number of benzene rings is 2. The molecule has 100 valence electrons. The minimum Gasteiger partial charge on any atom is -0.408 e. The van der Waals surface area contributed by atoms with E-state index in [4.69, 9.17) is 16.0 Å². The van der Waals surface area contributed by atoms with E-state index in [1.165, 1.54) is 0 Å². The van der Waals surface area contributed by atoms with E-state index in [1.807, 2.05) is 6.92 Å². The molecule has 0 fully saturated rings.